The summed E-state index contributed by atoms with van der Waals surface area (Å²) in [4.78, 5) is 25.2. The molecule has 1 N–H and O–H groups in total. The number of amides is 2. The summed E-state index contributed by atoms with van der Waals surface area (Å²) < 4.78 is 5.32. The molecule has 0 aromatic carbocycles. The van der Waals surface area contributed by atoms with Gasteiger partial charge in [0.05, 0.1) is 0 Å². The van der Waals surface area contributed by atoms with Crippen molar-refractivity contribution in [1.82, 2.24) is 10.2 Å². The average molecular weight is 282 g/mol. The van der Waals surface area contributed by atoms with Crippen molar-refractivity contribution in [1.29, 1.82) is 0 Å². The third kappa shape index (κ3) is 4.12. The van der Waals surface area contributed by atoms with Crippen LogP contribution in [0.5, 0.6) is 0 Å². The summed E-state index contributed by atoms with van der Waals surface area (Å²) >= 11 is 0. The van der Waals surface area contributed by atoms with Gasteiger partial charge < -0.3 is 15.0 Å². The van der Waals surface area contributed by atoms with Gasteiger partial charge in [0, 0.05) is 25.6 Å². The van der Waals surface area contributed by atoms with Crippen LogP contribution in [0.3, 0.4) is 0 Å². The van der Waals surface area contributed by atoms with Gasteiger partial charge in [-0.05, 0) is 52.4 Å². The van der Waals surface area contributed by atoms with Crippen LogP contribution in [-0.4, -0.2) is 42.1 Å². The maximum atomic E-state index is 11.8. The first-order chi connectivity index (χ1) is 9.35. The topological polar surface area (TPSA) is 58.6 Å². The fraction of sp³-hybridized carbons (Fsp3) is 0.867. The molecule has 0 spiro atoms. The second kappa shape index (κ2) is 6.02. The summed E-state index contributed by atoms with van der Waals surface area (Å²) in [6.07, 6.45) is 3.85. The number of ether oxygens (including phenoxy) is 1. The summed E-state index contributed by atoms with van der Waals surface area (Å²) in [5, 5.41) is 2.92. The van der Waals surface area contributed by atoms with Crippen molar-refractivity contribution in [2.24, 2.45) is 11.8 Å². The van der Waals surface area contributed by atoms with Crippen molar-refractivity contribution < 1.29 is 14.3 Å². The number of nitrogens with one attached hydrogen (secondary N) is 1. The molecular formula is C15H26N2O3. The number of carbonyl (C=O) groups is 2. The first-order valence-corrected chi connectivity index (χ1v) is 7.61. The Labute approximate surface area is 121 Å². The molecule has 2 aliphatic heterocycles. The number of piperidine rings is 1. The smallest absolute Gasteiger partial charge is 0.410 e. The molecule has 5 heteroatoms. The highest BCUT2D eigenvalue weighted by Crippen LogP contribution is 2.26. The summed E-state index contributed by atoms with van der Waals surface area (Å²) in [6.45, 7) is 8.00. The first kappa shape index (κ1) is 15.1. The van der Waals surface area contributed by atoms with Crippen LogP contribution in [0.2, 0.25) is 0 Å². The van der Waals surface area contributed by atoms with Gasteiger partial charge >= 0.3 is 6.09 Å². The average Bonchev–Trinajstić information content (AvgIpc) is 2.26. The van der Waals surface area contributed by atoms with Gasteiger partial charge in [0.1, 0.15) is 5.60 Å². The quantitative estimate of drug-likeness (QED) is 0.863. The summed E-state index contributed by atoms with van der Waals surface area (Å²) in [6, 6.07) is 0. The molecule has 5 nitrogen and oxygen atoms in total. The highest BCUT2D eigenvalue weighted by Gasteiger charge is 2.34. The van der Waals surface area contributed by atoms with Crippen LogP contribution in [0.15, 0.2) is 0 Å². The first-order valence-electron chi connectivity index (χ1n) is 7.61. The fourth-order valence-electron chi connectivity index (χ4n) is 2.78. The molecule has 2 amide bonds. The zero-order valence-corrected chi connectivity index (χ0v) is 12.8. The molecule has 0 saturated carbocycles. The van der Waals surface area contributed by atoms with Gasteiger partial charge in [0.15, 0.2) is 0 Å². The molecule has 2 fully saturated rings. The predicted molar refractivity (Wildman–Crippen MR) is 76.3 cm³/mol. The molecule has 0 bridgehead atoms. The molecule has 2 rings (SSSR count). The lowest BCUT2D eigenvalue weighted by Gasteiger charge is -2.40. The van der Waals surface area contributed by atoms with Crippen LogP contribution in [-0.2, 0) is 9.53 Å². The standard InChI is InChI=1S/C15H26N2O3/c1-15(2,3)20-14(19)17-9-11(10-17)6-7-12-5-4-8-16-13(12)18/h11-12H,4-10H2,1-3H3,(H,16,18). The molecule has 0 aliphatic carbocycles. The predicted octanol–water partition coefficient (Wildman–Crippen LogP) is 2.16. The van der Waals surface area contributed by atoms with Crippen molar-refractivity contribution in [3.05, 3.63) is 0 Å². The van der Waals surface area contributed by atoms with Crippen LogP contribution in [0, 0.1) is 11.8 Å². The van der Waals surface area contributed by atoms with Gasteiger partial charge in [0.2, 0.25) is 5.91 Å². The summed E-state index contributed by atoms with van der Waals surface area (Å²) in [7, 11) is 0. The Bertz CT molecular complexity index is 370. The monoisotopic (exact) mass is 282 g/mol. The molecule has 20 heavy (non-hydrogen) atoms. The number of rotatable bonds is 3. The third-order valence-corrected chi connectivity index (χ3v) is 3.93. The van der Waals surface area contributed by atoms with E-state index < -0.39 is 5.60 Å². The van der Waals surface area contributed by atoms with Crippen molar-refractivity contribution in [2.45, 2.75) is 52.1 Å². The summed E-state index contributed by atoms with van der Waals surface area (Å²) in [5.41, 5.74) is -0.428. The molecule has 0 aromatic heterocycles. The number of nitrogens with zero attached hydrogens (tertiary/aromatic N) is 1. The molecule has 2 aliphatic rings. The van der Waals surface area contributed by atoms with E-state index in [-0.39, 0.29) is 17.9 Å². The molecule has 1 atom stereocenters. The van der Waals surface area contributed by atoms with Crippen molar-refractivity contribution in [3.63, 3.8) is 0 Å². The Morgan fingerprint density at radius 3 is 2.65 bits per heavy atom. The van der Waals surface area contributed by atoms with Gasteiger partial charge in [-0.3, -0.25) is 4.79 Å². The van der Waals surface area contributed by atoms with E-state index in [1.54, 1.807) is 4.90 Å². The van der Waals surface area contributed by atoms with Crippen LogP contribution in [0.1, 0.15) is 46.5 Å². The fourth-order valence-corrected chi connectivity index (χ4v) is 2.78. The van der Waals surface area contributed by atoms with Crippen LogP contribution < -0.4 is 5.32 Å². The molecule has 2 saturated heterocycles. The lowest BCUT2D eigenvalue weighted by atomic mass is 9.87. The lowest BCUT2D eigenvalue weighted by Crippen LogP contribution is -2.51. The minimum absolute atomic E-state index is 0.180. The Kier molecular flexibility index (Phi) is 4.55. The van der Waals surface area contributed by atoms with E-state index >= 15 is 0 Å². The van der Waals surface area contributed by atoms with Crippen LogP contribution in [0.25, 0.3) is 0 Å². The lowest BCUT2D eigenvalue weighted by molar-refractivity contribution is -0.127. The minimum Gasteiger partial charge on any atom is -0.444 e. The molecule has 114 valence electrons. The van der Waals surface area contributed by atoms with Crippen LogP contribution >= 0.6 is 0 Å². The van der Waals surface area contributed by atoms with Gasteiger partial charge in [-0.1, -0.05) is 0 Å². The Hall–Kier alpha value is -1.26. The minimum atomic E-state index is -0.428. The SMILES string of the molecule is CC(C)(C)OC(=O)N1CC(CCC2CCCNC2=O)C1. The van der Waals surface area contributed by atoms with E-state index in [2.05, 4.69) is 5.32 Å². The van der Waals surface area contributed by atoms with Gasteiger partial charge in [-0.25, -0.2) is 4.79 Å². The van der Waals surface area contributed by atoms with E-state index in [0.29, 0.717) is 5.92 Å². The maximum absolute atomic E-state index is 11.8. The molecule has 0 radical (unpaired) electrons. The zero-order chi connectivity index (χ0) is 14.8. The normalized spacial score (nSPS) is 24.1. The highest BCUT2D eigenvalue weighted by atomic mass is 16.6. The highest BCUT2D eigenvalue weighted by molar-refractivity contribution is 5.79. The van der Waals surface area contributed by atoms with Gasteiger partial charge in [0.25, 0.3) is 0 Å². The Morgan fingerprint density at radius 1 is 1.35 bits per heavy atom. The van der Waals surface area contributed by atoms with E-state index in [1.165, 1.54) is 0 Å². The number of hydrogen-bond donors (Lipinski definition) is 1. The number of hydrogen-bond acceptors (Lipinski definition) is 3. The largest absolute Gasteiger partial charge is 0.444 e. The van der Waals surface area contributed by atoms with Crippen molar-refractivity contribution in [2.75, 3.05) is 19.6 Å². The second-order valence-corrected chi connectivity index (χ2v) is 6.96. The zero-order valence-electron chi connectivity index (χ0n) is 12.8. The third-order valence-electron chi connectivity index (χ3n) is 3.93. The molecule has 0 aromatic rings. The second-order valence-electron chi connectivity index (χ2n) is 6.96. The maximum Gasteiger partial charge on any atom is 0.410 e. The molecule has 2 heterocycles. The number of likely N-dealkylation sites (tertiary alicyclic amines) is 1. The van der Waals surface area contributed by atoms with Crippen molar-refractivity contribution in [3.8, 4) is 0 Å². The number of carbonyl (C=O) groups excluding carboxylic acids is 2. The molecule has 1 unspecified atom stereocenters. The Balaban J connectivity index is 1.64. The van der Waals surface area contributed by atoms with Crippen molar-refractivity contribution >= 4 is 12.0 Å². The molecular weight excluding hydrogens is 256 g/mol. The Morgan fingerprint density at radius 2 is 2.05 bits per heavy atom. The van der Waals surface area contributed by atoms with E-state index in [0.717, 1.165) is 45.3 Å². The van der Waals surface area contributed by atoms with Crippen LogP contribution in [0.4, 0.5) is 4.79 Å². The van der Waals surface area contributed by atoms with E-state index in [9.17, 15) is 9.59 Å². The van der Waals surface area contributed by atoms with E-state index in [1.807, 2.05) is 20.8 Å². The summed E-state index contributed by atoms with van der Waals surface area (Å²) in [5.74, 6) is 0.913. The van der Waals surface area contributed by atoms with Gasteiger partial charge in [-0.15, -0.1) is 0 Å². The van der Waals surface area contributed by atoms with Gasteiger partial charge in [-0.2, -0.15) is 0 Å². The van der Waals surface area contributed by atoms with E-state index in [4.69, 9.17) is 4.74 Å².